The van der Waals surface area contributed by atoms with E-state index in [0.29, 0.717) is 12.2 Å². The maximum atomic E-state index is 10.9. The van der Waals surface area contributed by atoms with Gasteiger partial charge in [-0.3, -0.25) is 4.79 Å². The molecule has 0 saturated carbocycles. The van der Waals surface area contributed by atoms with Gasteiger partial charge in [-0.05, 0) is 25.9 Å². The molecule has 0 radical (unpaired) electrons. The fraction of sp³-hybridized carbons (Fsp3) is 0.909. The summed E-state index contributed by atoms with van der Waals surface area (Å²) in [4.78, 5) is 10.9. The molecule has 0 saturated heterocycles. The van der Waals surface area contributed by atoms with Crippen molar-refractivity contribution < 1.29 is 4.79 Å². The molecule has 2 nitrogen and oxygen atoms in total. The Morgan fingerprint density at radius 1 is 1.08 bits per heavy atom. The Balaban J connectivity index is 2.95. The van der Waals surface area contributed by atoms with Gasteiger partial charge in [-0.15, -0.1) is 0 Å². The summed E-state index contributed by atoms with van der Waals surface area (Å²) in [5.74, 6) is 0.409. The molecule has 2 heteroatoms. The molecule has 0 atom stereocenters. The summed E-state index contributed by atoms with van der Waals surface area (Å²) in [5, 5.41) is 3.29. The lowest BCUT2D eigenvalue weighted by Gasteiger charge is -2.01. The van der Waals surface area contributed by atoms with Gasteiger partial charge in [0.1, 0.15) is 5.78 Å². The Kier molecular flexibility index (Phi) is 9.44. The van der Waals surface area contributed by atoms with Crippen LogP contribution in [0.5, 0.6) is 0 Å². The SMILES string of the molecule is CCNCCCCCCC(=O)CC. The summed E-state index contributed by atoms with van der Waals surface area (Å²) in [6.45, 7) is 6.25. The first kappa shape index (κ1) is 12.6. The largest absolute Gasteiger partial charge is 0.317 e. The highest BCUT2D eigenvalue weighted by molar-refractivity contribution is 5.77. The standard InChI is InChI=1S/C11H23NO/c1-3-11(13)9-7-5-6-8-10-12-4-2/h12H,3-10H2,1-2H3. The average molecular weight is 185 g/mol. The molecule has 0 heterocycles. The van der Waals surface area contributed by atoms with Crippen LogP contribution >= 0.6 is 0 Å². The molecule has 0 amide bonds. The van der Waals surface area contributed by atoms with Crippen molar-refractivity contribution in [3.8, 4) is 0 Å². The van der Waals surface area contributed by atoms with Gasteiger partial charge in [-0.1, -0.05) is 26.7 Å². The molecule has 0 aromatic rings. The van der Waals surface area contributed by atoms with E-state index in [9.17, 15) is 4.79 Å². The van der Waals surface area contributed by atoms with Crippen molar-refractivity contribution in [3.05, 3.63) is 0 Å². The van der Waals surface area contributed by atoms with E-state index in [1.165, 1.54) is 19.3 Å². The van der Waals surface area contributed by atoms with Gasteiger partial charge in [0.05, 0.1) is 0 Å². The molecule has 13 heavy (non-hydrogen) atoms. The zero-order valence-electron chi connectivity index (χ0n) is 9.07. The maximum Gasteiger partial charge on any atom is 0.132 e. The number of nitrogens with one attached hydrogen (secondary N) is 1. The minimum Gasteiger partial charge on any atom is -0.317 e. The number of ketones is 1. The van der Waals surface area contributed by atoms with Crippen molar-refractivity contribution in [3.63, 3.8) is 0 Å². The summed E-state index contributed by atoms with van der Waals surface area (Å²) in [6, 6.07) is 0. The van der Waals surface area contributed by atoms with Gasteiger partial charge >= 0.3 is 0 Å². The third kappa shape index (κ3) is 9.54. The normalized spacial score (nSPS) is 10.3. The van der Waals surface area contributed by atoms with E-state index >= 15 is 0 Å². The third-order valence-electron chi connectivity index (χ3n) is 2.20. The molecule has 1 N–H and O–H groups in total. The molecule has 78 valence electrons. The zero-order chi connectivity index (χ0) is 9.94. The van der Waals surface area contributed by atoms with E-state index in [2.05, 4.69) is 12.2 Å². The Morgan fingerprint density at radius 2 is 1.77 bits per heavy atom. The molecule has 0 aromatic heterocycles. The summed E-state index contributed by atoms with van der Waals surface area (Å²) >= 11 is 0. The second-order valence-corrected chi connectivity index (χ2v) is 3.41. The minimum atomic E-state index is 0.409. The number of rotatable bonds is 9. The van der Waals surface area contributed by atoms with E-state index in [-0.39, 0.29) is 0 Å². The van der Waals surface area contributed by atoms with E-state index in [4.69, 9.17) is 0 Å². The molecular formula is C11H23NO. The first-order valence-corrected chi connectivity index (χ1v) is 5.53. The first-order chi connectivity index (χ1) is 6.31. The van der Waals surface area contributed by atoms with Crippen molar-refractivity contribution in [2.24, 2.45) is 0 Å². The Bertz CT molecular complexity index is 123. The third-order valence-corrected chi connectivity index (χ3v) is 2.20. The number of Topliss-reactive ketones (excluding diaryl/α,β-unsaturated/α-hetero) is 1. The zero-order valence-corrected chi connectivity index (χ0v) is 9.07. The van der Waals surface area contributed by atoms with Gasteiger partial charge < -0.3 is 5.32 Å². The highest BCUT2D eigenvalue weighted by atomic mass is 16.1. The van der Waals surface area contributed by atoms with Crippen LogP contribution in [0.2, 0.25) is 0 Å². The summed E-state index contributed by atoms with van der Waals surface area (Å²) in [7, 11) is 0. The molecular weight excluding hydrogens is 162 g/mol. The summed E-state index contributed by atoms with van der Waals surface area (Å²) in [6.07, 6.45) is 6.28. The van der Waals surface area contributed by atoms with Crippen LogP contribution in [0.1, 0.15) is 52.4 Å². The van der Waals surface area contributed by atoms with Gasteiger partial charge in [0.25, 0.3) is 0 Å². The lowest BCUT2D eigenvalue weighted by atomic mass is 10.1. The van der Waals surface area contributed by atoms with Gasteiger partial charge in [0.2, 0.25) is 0 Å². The highest BCUT2D eigenvalue weighted by Gasteiger charge is 1.96. The van der Waals surface area contributed by atoms with E-state index in [1.54, 1.807) is 0 Å². The van der Waals surface area contributed by atoms with Gasteiger partial charge in [0, 0.05) is 12.8 Å². The number of hydrogen-bond donors (Lipinski definition) is 1. The smallest absolute Gasteiger partial charge is 0.132 e. The van der Waals surface area contributed by atoms with Crippen LogP contribution in [0.3, 0.4) is 0 Å². The molecule has 0 aliphatic carbocycles. The topological polar surface area (TPSA) is 29.1 Å². The lowest BCUT2D eigenvalue weighted by Crippen LogP contribution is -2.13. The number of carbonyl (C=O) groups excluding carboxylic acids is 1. The lowest BCUT2D eigenvalue weighted by molar-refractivity contribution is -0.118. The molecule has 0 aliphatic rings. The summed E-state index contributed by atoms with van der Waals surface area (Å²) < 4.78 is 0. The average Bonchev–Trinajstić information content (AvgIpc) is 2.16. The Labute approximate surface area is 82.1 Å². The molecule has 0 fully saturated rings. The van der Waals surface area contributed by atoms with Crippen molar-refractivity contribution >= 4 is 5.78 Å². The molecule has 0 unspecified atom stereocenters. The molecule has 0 spiro atoms. The monoisotopic (exact) mass is 185 g/mol. The molecule has 0 aliphatic heterocycles. The minimum absolute atomic E-state index is 0.409. The number of carbonyl (C=O) groups is 1. The van der Waals surface area contributed by atoms with Crippen LogP contribution in [0.4, 0.5) is 0 Å². The van der Waals surface area contributed by atoms with Gasteiger partial charge in [-0.2, -0.15) is 0 Å². The van der Waals surface area contributed by atoms with Crippen molar-refractivity contribution in [1.29, 1.82) is 0 Å². The van der Waals surface area contributed by atoms with Crippen LogP contribution in [-0.4, -0.2) is 18.9 Å². The quantitative estimate of drug-likeness (QED) is 0.559. The maximum absolute atomic E-state index is 10.9. The van der Waals surface area contributed by atoms with Gasteiger partial charge in [-0.25, -0.2) is 0 Å². The van der Waals surface area contributed by atoms with Crippen LogP contribution in [0.15, 0.2) is 0 Å². The molecule has 0 aromatic carbocycles. The van der Waals surface area contributed by atoms with Crippen molar-refractivity contribution in [1.82, 2.24) is 5.32 Å². The molecule has 0 rings (SSSR count). The van der Waals surface area contributed by atoms with Gasteiger partial charge in [0.15, 0.2) is 0 Å². The fourth-order valence-corrected chi connectivity index (χ4v) is 1.28. The molecule has 0 bridgehead atoms. The van der Waals surface area contributed by atoms with E-state index in [1.807, 2.05) is 6.92 Å². The summed E-state index contributed by atoms with van der Waals surface area (Å²) in [5.41, 5.74) is 0. The van der Waals surface area contributed by atoms with E-state index < -0.39 is 0 Å². The van der Waals surface area contributed by atoms with E-state index in [0.717, 1.165) is 25.9 Å². The van der Waals surface area contributed by atoms with Crippen LogP contribution in [-0.2, 0) is 4.79 Å². The second kappa shape index (κ2) is 9.72. The van der Waals surface area contributed by atoms with Crippen molar-refractivity contribution in [2.75, 3.05) is 13.1 Å². The predicted octanol–water partition coefficient (Wildman–Crippen LogP) is 2.53. The van der Waals surface area contributed by atoms with Crippen LogP contribution in [0, 0.1) is 0 Å². The number of hydrogen-bond acceptors (Lipinski definition) is 2. The second-order valence-electron chi connectivity index (χ2n) is 3.41. The fourth-order valence-electron chi connectivity index (χ4n) is 1.28. The van der Waals surface area contributed by atoms with Crippen LogP contribution < -0.4 is 5.32 Å². The van der Waals surface area contributed by atoms with Crippen LogP contribution in [0.25, 0.3) is 0 Å². The van der Waals surface area contributed by atoms with Crippen molar-refractivity contribution in [2.45, 2.75) is 52.4 Å². The highest BCUT2D eigenvalue weighted by Crippen LogP contribution is 2.03. The Morgan fingerprint density at radius 3 is 2.38 bits per heavy atom. The number of unbranched alkanes of at least 4 members (excludes halogenated alkanes) is 3. The first-order valence-electron chi connectivity index (χ1n) is 5.53. The predicted molar refractivity (Wildman–Crippen MR) is 56.9 cm³/mol. The Hall–Kier alpha value is -0.370.